The van der Waals surface area contributed by atoms with Gasteiger partial charge in [0, 0.05) is 12.6 Å². The van der Waals surface area contributed by atoms with E-state index in [1.807, 2.05) is 0 Å². The van der Waals surface area contributed by atoms with Crippen molar-refractivity contribution >= 4 is 0 Å². The molecule has 0 atom stereocenters. The minimum atomic E-state index is -2.35. The van der Waals surface area contributed by atoms with Crippen molar-refractivity contribution in [2.45, 2.75) is 45.1 Å². The van der Waals surface area contributed by atoms with Crippen LogP contribution in [0.1, 0.15) is 32.6 Å². The largest absolute Gasteiger partial charge is 0.374 e. The zero-order chi connectivity index (χ0) is 11.1. The highest BCUT2D eigenvalue weighted by molar-refractivity contribution is 4.74. The Hall–Kier alpha value is -0.220. The fourth-order valence-electron chi connectivity index (χ4n) is 1.97. The maximum absolute atomic E-state index is 11.7. The number of alkyl halides is 2. The molecule has 0 radical (unpaired) electrons. The topological polar surface area (TPSA) is 21.3 Å². The highest BCUT2D eigenvalue weighted by Gasteiger charge is 2.17. The Morgan fingerprint density at radius 3 is 2.53 bits per heavy atom. The number of hydrogen-bond acceptors (Lipinski definition) is 2. The van der Waals surface area contributed by atoms with Crippen LogP contribution < -0.4 is 5.32 Å². The van der Waals surface area contributed by atoms with E-state index in [0.717, 1.165) is 5.92 Å². The van der Waals surface area contributed by atoms with Gasteiger partial charge in [-0.25, -0.2) is 8.78 Å². The lowest BCUT2D eigenvalue weighted by Crippen LogP contribution is -2.35. The third kappa shape index (κ3) is 6.05. The molecule has 0 saturated heterocycles. The summed E-state index contributed by atoms with van der Waals surface area (Å²) in [7, 11) is 0. The van der Waals surface area contributed by atoms with Gasteiger partial charge in [0.2, 0.25) is 0 Å². The maximum Gasteiger partial charge on any atom is 0.261 e. The summed E-state index contributed by atoms with van der Waals surface area (Å²) in [6, 6.07) is 0.566. The molecule has 1 fully saturated rings. The van der Waals surface area contributed by atoms with E-state index < -0.39 is 13.0 Å². The highest BCUT2D eigenvalue weighted by Crippen LogP contribution is 2.23. The van der Waals surface area contributed by atoms with Crippen molar-refractivity contribution < 1.29 is 13.5 Å². The standard InChI is InChI=1S/C11H21F2NO/c1-9-2-4-10(5-3-9)14-6-7-15-8-11(12)13/h9-11,14H,2-8H2,1H3. The first kappa shape index (κ1) is 12.8. The summed E-state index contributed by atoms with van der Waals surface area (Å²) in [6.07, 6.45) is 2.61. The van der Waals surface area contributed by atoms with Gasteiger partial charge in [0.1, 0.15) is 6.61 Å². The average molecular weight is 221 g/mol. The van der Waals surface area contributed by atoms with Crippen molar-refractivity contribution in [3.05, 3.63) is 0 Å². The van der Waals surface area contributed by atoms with Crippen molar-refractivity contribution in [3.63, 3.8) is 0 Å². The molecule has 1 rings (SSSR count). The maximum atomic E-state index is 11.7. The Labute approximate surface area is 90.4 Å². The van der Waals surface area contributed by atoms with Gasteiger partial charge < -0.3 is 10.1 Å². The van der Waals surface area contributed by atoms with Crippen molar-refractivity contribution in [1.29, 1.82) is 0 Å². The molecule has 2 nitrogen and oxygen atoms in total. The smallest absolute Gasteiger partial charge is 0.261 e. The van der Waals surface area contributed by atoms with Crippen LogP contribution in [0.5, 0.6) is 0 Å². The van der Waals surface area contributed by atoms with E-state index in [-0.39, 0.29) is 0 Å². The van der Waals surface area contributed by atoms with E-state index in [4.69, 9.17) is 4.74 Å². The molecule has 0 aromatic carbocycles. The lowest BCUT2D eigenvalue weighted by atomic mass is 9.87. The minimum absolute atomic E-state index is 0.385. The van der Waals surface area contributed by atoms with Crippen LogP contribution in [-0.4, -0.2) is 32.2 Å². The van der Waals surface area contributed by atoms with Gasteiger partial charge in [-0.05, 0) is 31.6 Å². The molecule has 4 heteroatoms. The van der Waals surface area contributed by atoms with E-state index in [2.05, 4.69) is 12.2 Å². The molecule has 0 aromatic heterocycles. The molecule has 0 amide bonds. The van der Waals surface area contributed by atoms with Gasteiger partial charge in [-0.15, -0.1) is 0 Å². The van der Waals surface area contributed by atoms with E-state index in [0.29, 0.717) is 19.2 Å². The highest BCUT2D eigenvalue weighted by atomic mass is 19.3. The third-order valence-corrected chi connectivity index (χ3v) is 2.94. The third-order valence-electron chi connectivity index (χ3n) is 2.94. The first-order valence-corrected chi connectivity index (χ1v) is 5.77. The number of halogens is 2. The van der Waals surface area contributed by atoms with Crippen LogP contribution >= 0.6 is 0 Å². The zero-order valence-electron chi connectivity index (χ0n) is 9.35. The zero-order valence-corrected chi connectivity index (χ0v) is 9.35. The average Bonchev–Trinajstić information content (AvgIpc) is 2.20. The molecule has 1 aliphatic rings. The molecular formula is C11H21F2NO. The van der Waals surface area contributed by atoms with Crippen LogP contribution in [0.2, 0.25) is 0 Å². The first-order chi connectivity index (χ1) is 7.18. The molecule has 0 spiro atoms. The molecule has 90 valence electrons. The fraction of sp³-hybridized carbons (Fsp3) is 1.00. The van der Waals surface area contributed by atoms with Crippen LogP contribution in [0.25, 0.3) is 0 Å². The molecule has 0 bridgehead atoms. The quantitative estimate of drug-likeness (QED) is 0.696. The van der Waals surface area contributed by atoms with Crippen molar-refractivity contribution in [2.75, 3.05) is 19.8 Å². The molecule has 0 unspecified atom stereocenters. The van der Waals surface area contributed by atoms with Crippen molar-refractivity contribution in [3.8, 4) is 0 Å². The van der Waals surface area contributed by atoms with Crippen LogP contribution in [0.3, 0.4) is 0 Å². The summed E-state index contributed by atoms with van der Waals surface area (Å²) in [5.41, 5.74) is 0. The second-order valence-electron chi connectivity index (χ2n) is 4.38. The Balaban J connectivity index is 1.91. The monoisotopic (exact) mass is 221 g/mol. The molecule has 0 aromatic rings. The minimum Gasteiger partial charge on any atom is -0.374 e. The lowest BCUT2D eigenvalue weighted by molar-refractivity contribution is 0.0178. The number of nitrogens with one attached hydrogen (secondary N) is 1. The van der Waals surface area contributed by atoms with Gasteiger partial charge in [0.25, 0.3) is 6.43 Å². The van der Waals surface area contributed by atoms with Crippen LogP contribution in [0, 0.1) is 5.92 Å². The Bertz CT molecular complexity index is 159. The van der Waals surface area contributed by atoms with Gasteiger partial charge >= 0.3 is 0 Å². The Kier molecular flexibility index (Phi) is 6.10. The number of ether oxygens (including phenoxy) is 1. The molecule has 1 N–H and O–H groups in total. The second-order valence-corrected chi connectivity index (χ2v) is 4.38. The van der Waals surface area contributed by atoms with Gasteiger partial charge in [0.05, 0.1) is 6.61 Å². The predicted molar refractivity (Wildman–Crippen MR) is 56.2 cm³/mol. The van der Waals surface area contributed by atoms with Gasteiger partial charge in [-0.1, -0.05) is 6.92 Å². The number of hydrogen-bond donors (Lipinski definition) is 1. The van der Waals surface area contributed by atoms with Crippen LogP contribution in [0.4, 0.5) is 8.78 Å². The molecule has 1 saturated carbocycles. The van der Waals surface area contributed by atoms with E-state index in [9.17, 15) is 8.78 Å². The van der Waals surface area contributed by atoms with Gasteiger partial charge in [-0.2, -0.15) is 0 Å². The molecule has 15 heavy (non-hydrogen) atoms. The fourth-order valence-corrected chi connectivity index (χ4v) is 1.97. The number of rotatable bonds is 6. The first-order valence-electron chi connectivity index (χ1n) is 5.77. The van der Waals surface area contributed by atoms with E-state index in [1.54, 1.807) is 0 Å². The van der Waals surface area contributed by atoms with Crippen molar-refractivity contribution in [1.82, 2.24) is 5.32 Å². The Morgan fingerprint density at radius 2 is 1.93 bits per heavy atom. The van der Waals surface area contributed by atoms with Gasteiger partial charge in [-0.3, -0.25) is 0 Å². The van der Waals surface area contributed by atoms with E-state index >= 15 is 0 Å². The normalized spacial score (nSPS) is 27.2. The molecule has 1 aliphatic carbocycles. The van der Waals surface area contributed by atoms with Gasteiger partial charge in [0.15, 0.2) is 0 Å². The summed E-state index contributed by atoms with van der Waals surface area (Å²) in [4.78, 5) is 0. The second kappa shape index (κ2) is 7.12. The predicted octanol–water partition coefficient (Wildman–Crippen LogP) is 2.44. The lowest BCUT2D eigenvalue weighted by Gasteiger charge is -2.26. The van der Waals surface area contributed by atoms with E-state index in [1.165, 1.54) is 25.7 Å². The van der Waals surface area contributed by atoms with Crippen LogP contribution in [0.15, 0.2) is 0 Å². The van der Waals surface area contributed by atoms with Crippen molar-refractivity contribution in [2.24, 2.45) is 5.92 Å². The molecule has 0 aliphatic heterocycles. The van der Waals surface area contributed by atoms with Crippen LogP contribution in [-0.2, 0) is 4.74 Å². The SMILES string of the molecule is CC1CCC(NCCOCC(F)F)CC1. The summed E-state index contributed by atoms with van der Waals surface area (Å²) < 4.78 is 28.2. The summed E-state index contributed by atoms with van der Waals surface area (Å²) in [5.74, 6) is 0.845. The molecular weight excluding hydrogens is 200 g/mol. The molecule has 0 heterocycles. The Morgan fingerprint density at radius 1 is 1.27 bits per heavy atom. The summed E-state index contributed by atoms with van der Waals surface area (Å²) in [5, 5.41) is 3.35. The summed E-state index contributed by atoms with van der Waals surface area (Å²) in [6.45, 7) is 2.91. The summed E-state index contributed by atoms with van der Waals surface area (Å²) >= 11 is 0.